The highest BCUT2D eigenvalue weighted by Gasteiger charge is 2.35. The zero-order valence-corrected chi connectivity index (χ0v) is 11.4. The van der Waals surface area contributed by atoms with Gasteiger partial charge in [0.1, 0.15) is 6.10 Å². The number of methoxy groups -OCH3 is 1. The van der Waals surface area contributed by atoms with E-state index >= 15 is 0 Å². The normalized spacial score (nSPS) is 27.8. The summed E-state index contributed by atoms with van der Waals surface area (Å²) >= 11 is 0. The molecule has 1 aliphatic heterocycles. The smallest absolute Gasteiger partial charge is 0.302 e. The summed E-state index contributed by atoms with van der Waals surface area (Å²) in [5.74, 6) is 0.110. The summed E-state index contributed by atoms with van der Waals surface area (Å²) in [6.45, 7) is 5.56. The zero-order chi connectivity index (χ0) is 12.8. The van der Waals surface area contributed by atoms with Gasteiger partial charge in [0.15, 0.2) is 0 Å². The Morgan fingerprint density at radius 2 is 2.24 bits per heavy atom. The van der Waals surface area contributed by atoms with Crippen molar-refractivity contribution in [3.8, 4) is 0 Å². The van der Waals surface area contributed by atoms with Gasteiger partial charge in [-0.15, -0.1) is 0 Å². The molecule has 0 aromatic carbocycles. The second-order valence-corrected chi connectivity index (χ2v) is 4.93. The van der Waals surface area contributed by atoms with E-state index in [1.807, 2.05) is 0 Å². The van der Waals surface area contributed by atoms with Crippen LogP contribution in [0.3, 0.4) is 0 Å². The average Bonchev–Trinajstić information content (AvgIpc) is 2.28. The number of rotatable bonds is 5. The van der Waals surface area contributed by atoms with Gasteiger partial charge >= 0.3 is 5.97 Å². The Hall–Kier alpha value is -0.610. The summed E-state index contributed by atoms with van der Waals surface area (Å²) < 4.78 is 11.0. The van der Waals surface area contributed by atoms with E-state index in [0.717, 1.165) is 32.4 Å². The quantitative estimate of drug-likeness (QED) is 0.689. The first kappa shape index (κ1) is 14.5. The molecule has 0 saturated carbocycles. The van der Waals surface area contributed by atoms with Crippen LogP contribution in [0.2, 0.25) is 0 Å². The molecular weight excluding hydrogens is 218 g/mol. The Balaban J connectivity index is 2.68. The number of piperidine rings is 1. The first-order valence-electron chi connectivity index (χ1n) is 6.47. The first-order valence-corrected chi connectivity index (χ1v) is 6.47. The molecule has 0 aromatic heterocycles. The molecule has 100 valence electrons. The van der Waals surface area contributed by atoms with Crippen LogP contribution in [-0.4, -0.2) is 50.3 Å². The predicted molar refractivity (Wildman–Crippen MR) is 66.9 cm³/mol. The van der Waals surface area contributed by atoms with Crippen LogP contribution in [0.4, 0.5) is 0 Å². The minimum Gasteiger partial charge on any atom is -0.462 e. The average molecular weight is 243 g/mol. The van der Waals surface area contributed by atoms with E-state index in [2.05, 4.69) is 18.9 Å². The van der Waals surface area contributed by atoms with Crippen molar-refractivity contribution in [1.82, 2.24) is 4.90 Å². The topological polar surface area (TPSA) is 38.8 Å². The Labute approximate surface area is 104 Å². The van der Waals surface area contributed by atoms with Crippen molar-refractivity contribution in [3.05, 3.63) is 0 Å². The van der Waals surface area contributed by atoms with Gasteiger partial charge in [-0.3, -0.25) is 4.79 Å². The third-order valence-electron chi connectivity index (χ3n) is 3.47. The van der Waals surface area contributed by atoms with Crippen molar-refractivity contribution < 1.29 is 14.3 Å². The molecule has 4 heteroatoms. The highest BCUT2D eigenvalue weighted by molar-refractivity contribution is 5.66. The number of hydrogen-bond acceptors (Lipinski definition) is 4. The molecule has 1 heterocycles. The maximum Gasteiger partial charge on any atom is 0.302 e. The summed E-state index contributed by atoms with van der Waals surface area (Å²) in [4.78, 5) is 13.4. The Bertz CT molecular complexity index is 245. The van der Waals surface area contributed by atoms with Gasteiger partial charge in [-0.2, -0.15) is 0 Å². The number of nitrogens with zero attached hydrogens (tertiary/aromatic N) is 1. The van der Waals surface area contributed by atoms with E-state index in [9.17, 15) is 4.79 Å². The van der Waals surface area contributed by atoms with Crippen LogP contribution in [0.1, 0.15) is 33.1 Å². The lowest BCUT2D eigenvalue weighted by Crippen LogP contribution is -2.48. The number of ether oxygens (including phenoxy) is 2. The molecule has 1 rings (SSSR count). The zero-order valence-electron chi connectivity index (χ0n) is 11.4. The number of carbonyl (C=O) groups is 1. The second kappa shape index (κ2) is 6.97. The summed E-state index contributed by atoms with van der Waals surface area (Å²) in [6.07, 6.45) is 3.22. The van der Waals surface area contributed by atoms with Crippen LogP contribution in [0.5, 0.6) is 0 Å². The van der Waals surface area contributed by atoms with E-state index in [1.54, 1.807) is 7.11 Å². The molecule has 0 bridgehead atoms. The largest absolute Gasteiger partial charge is 0.462 e. The minimum atomic E-state index is -0.184. The van der Waals surface area contributed by atoms with Crippen molar-refractivity contribution >= 4 is 5.97 Å². The third-order valence-corrected chi connectivity index (χ3v) is 3.47. The van der Waals surface area contributed by atoms with Crippen molar-refractivity contribution in [2.24, 2.45) is 5.92 Å². The number of hydrogen-bond donors (Lipinski definition) is 0. The highest BCUT2D eigenvalue weighted by atomic mass is 16.5. The van der Waals surface area contributed by atoms with Crippen LogP contribution in [0, 0.1) is 5.92 Å². The van der Waals surface area contributed by atoms with Gasteiger partial charge in [0.25, 0.3) is 0 Å². The molecular formula is C13H25NO3. The van der Waals surface area contributed by atoms with Gasteiger partial charge in [-0.25, -0.2) is 0 Å². The maximum atomic E-state index is 11.1. The molecule has 3 unspecified atom stereocenters. The lowest BCUT2D eigenvalue weighted by molar-refractivity contribution is -0.156. The summed E-state index contributed by atoms with van der Waals surface area (Å²) in [7, 11) is 3.86. The van der Waals surface area contributed by atoms with Gasteiger partial charge in [0.05, 0.1) is 6.10 Å². The molecule has 0 N–H and O–H groups in total. The molecule has 1 fully saturated rings. The summed E-state index contributed by atoms with van der Waals surface area (Å²) in [5.41, 5.74) is 0. The van der Waals surface area contributed by atoms with E-state index in [4.69, 9.17) is 9.47 Å². The van der Waals surface area contributed by atoms with E-state index in [-0.39, 0.29) is 18.2 Å². The summed E-state index contributed by atoms with van der Waals surface area (Å²) in [5, 5.41) is 0. The number of likely N-dealkylation sites (tertiary alicyclic amines) is 1. The number of esters is 1. The maximum absolute atomic E-state index is 11.1. The molecule has 0 aliphatic carbocycles. The molecule has 0 aromatic rings. The Morgan fingerprint density at radius 3 is 2.76 bits per heavy atom. The third kappa shape index (κ3) is 4.28. The fourth-order valence-corrected chi connectivity index (χ4v) is 2.64. The minimum absolute atomic E-state index is 0.0141. The lowest BCUT2D eigenvalue weighted by Gasteiger charge is -2.39. The van der Waals surface area contributed by atoms with Crippen molar-refractivity contribution in [3.63, 3.8) is 0 Å². The van der Waals surface area contributed by atoms with Gasteiger partial charge in [-0.05, 0) is 19.9 Å². The van der Waals surface area contributed by atoms with Crippen LogP contribution in [0.15, 0.2) is 0 Å². The molecule has 4 nitrogen and oxygen atoms in total. The molecule has 1 aliphatic rings. The van der Waals surface area contributed by atoms with Crippen LogP contribution >= 0.6 is 0 Å². The monoisotopic (exact) mass is 243 g/mol. The van der Waals surface area contributed by atoms with E-state index in [0.29, 0.717) is 5.92 Å². The molecule has 17 heavy (non-hydrogen) atoms. The standard InChI is InChI=1S/C13H25NO3/c1-5-6-12(16-4)11-9-14(3)8-7-13(11)17-10(2)15/h11-13H,5-9H2,1-4H3. The molecule has 1 saturated heterocycles. The second-order valence-electron chi connectivity index (χ2n) is 4.93. The Morgan fingerprint density at radius 1 is 1.53 bits per heavy atom. The summed E-state index contributed by atoms with van der Waals surface area (Å²) in [6, 6.07) is 0. The molecule has 0 radical (unpaired) electrons. The van der Waals surface area contributed by atoms with E-state index in [1.165, 1.54) is 6.92 Å². The van der Waals surface area contributed by atoms with Crippen molar-refractivity contribution in [1.29, 1.82) is 0 Å². The fraction of sp³-hybridized carbons (Fsp3) is 0.923. The van der Waals surface area contributed by atoms with Gasteiger partial charge in [0.2, 0.25) is 0 Å². The molecule has 0 spiro atoms. The molecule has 3 atom stereocenters. The lowest BCUT2D eigenvalue weighted by atomic mass is 9.87. The highest BCUT2D eigenvalue weighted by Crippen LogP contribution is 2.26. The van der Waals surface area contributed by atoms with Crippen LogP contribution in [0.25, 0.3) is 0 Å². The predicted octanol–water partition coefficient (Wildman–Crippen LogP) is 1.68. The Kier molecular flexibility index (Phi) is 5.92. The fourth-order valence-electron chi connectivity index (χ4n) is 2.64. The van der Waals surface area contributed by atoms with Gasteiger partial charge in [0, 0.05) is 33.0 Å². The molecule has 0 amide bonds. The first-order chi connectivity index (χ1) is 8.08. The number of carbonyl (C=O) groups excluding carboxylic acids is 1. The SMILES string of the molecule is CCCC(OC)C1CN(C)CCC1OC(C)=O. The van der Waals surface area contributed by atoms with Crippen LogP contribution in [-0.2, 0) is 14.3 Å². The van der Waals surface area contributed by atoms with Gasteiger partial charge in [-0.1, -0.05) is 13.3 Å². The van der Waals surface area contributed by atoms with Crippen LogP contribution < -0.4 is 0 Å². The van der Waals surface area contributed by atoms with Gasteiger partial charge < -0.3 is 14.4 Å². The van der Waals surface area contributed by atoms with Crippen molar-refractivity contribution in [2.45, 2.75) is 45.3 Å². The van der Waals surface area contributed by atoms with E-state index < -0.39 is 0 Å². The van der Waals surface area contributed by atoms with Crippen molar-refractivity contribution in [2.75, 3.05) is 27.2 Å².